The van der Waals surface area contributed by atoms with Gasteiger partial charge in [-0.05, 0) is 24.3 Å². The smallest absolute Gasteiger partial charge is 0.319 e. The molecule has 0 radical (unpaired) electrons. The zero-order chi connectivity index (χ0) is 20.2. The van der Waals surface area contributed by atoms with Crippen molar-refractivity contribution in [3.05, 3.63) is 42.2 Å². The van der Waals surface area contributed by atoms with Crippen LogP contribution in [-0.4, -0.2) is 67.5 Å². The second-order valence-corrected chi connectivity index (χ2v) is 6.88. The lowest BCUT2D eigenvalue weighted by Crippen LogP contribution is -2.54. The van der Waals surface area contributed by atoms with Crippen LogP contribution in [-0.2, 0) is 11.3 Å². The number of carbonyl (C=O) groups is 2. The first kappa shape index (κ1) is 19.1. The highest BCUT2D eigenvalue weighted by atomic mass is 16.6. The van der Waals surface area contributed by atoms with Gasteiger partial charge in [-0.2, -0.15) is 0 Å². The van der Waals surface area contributed by atoms with Crippen molar-refractivity contribution in [1.82, 2.24) is 14.8 Å². The van der Waals surface area contributed by atoms with E-state index >= 15 is 0 Å². The Morgan fingerprint density at radius 3 is 2.90 bits per heavy atom. The number of ether oxygens (including phenoxy) is 3. The molecule has 154 valence electrons. The molecule has 0 saturated carbocycles. The predicted octanol–water partition coefficient (Wildman–Crippen LogP) is 1.55. The van der Waals surface area contributed by atoms with Gasteiger partial charge in [0.25, 0.3) is 5.91 Å². The van der Waals surface area contributed by atoms with Crippen LogP contribution in [0.3, 0.4) is 0 Å². The molecule has 0 aliphatic carbocycles. The number of hydrogen-bond donors (Lipinski definition) is 2. The normalized spacial score (nSPS) is 17.6. The molecule has 2 aliphatic heterocycles. The van der Waals surface area contributed by atoms with Crippen molar-refractivity contribution in [1.29, 1.82) is 0 Å². The average molecular weight is 400 g/mol. The molecule has 1 atom stereocenters. The van der Waals surface area contributed by atoms with E-state index in [-0.39, 0.29) is 18.0 Å². The van der Waals surface area contributed by atoms with Gasteiger partial charge >= 0.3 is 6.03 Å². The fourth-order valence-electron chi connectivity index (χ4n) is 3.56. The number of anilines is 1. The second-order valence-electron chi connectivity index (χ2n) is 6.88. The molecule has 2 aliphatic rings. The van der Waals surface area contributed by atoms with Crippen molar-refractivity contribution >= 4 is 17.6 Å². The molecule has 2 N–H and O–H groups in total. The number of aromatic nitrogens is 1. The van der Waals surface area contributed by atoms with Crippen molar-refractivity contribution in [3.8, 4) is 11.5 Å². The molecular weight excluding hydrogens is 376 g/mol. The molecule has 9 heteroatoms. The number of hydrogen-bond acceptors (Lipinski definition) is 5. The molecule has 0 saturated heterocycles. The second kappa shape index (κ2) is 8.44. The fourth-order valence-corrected chi connectivity index (χ4v) is 3.56. The topological polar surface area (TPSA) is 94.1 Å². The lowest BCUT2D eigenvalue weighted by Gasteiger charge is -2.36. The molecule has 29 heavy (non-hydrogen) atoms. The van der Waals surface area contributed by atoms with Gasteiger partial charge in [0, 0.05) is 44.7 Å². The first-order valence-corrected chi connectivity index (χ1v) is 9.55. The largest absolute Gasteiger partial charge is 0.486 e. The van der Waals surface area contributed by atoms with Crippen LogP contribution in [0, 0.1) is 0 Å². The summed E-state index contributed by atoms with van der Waals surface area (Å²) in [4.78, 5) is 26.9. The molecule has 0 fully saturated rings. The van der Waals surface area contributed by atoms with E-state index in [1.165, 1.54) is 0 Å². The van der Waals surface area contributed by atoms with Gasteiger partial charge in [-0.1, -0.05) is 0 Å². The highest BCUT2D eigenvalue weighted by Gasteiger charge is 2.32. The molecular formula is C20H24N4O5. The quantitative estimate of drug-likeness (QED) is 0.767. The van der Waals surface area contributed by atoms with E-state index in [0.29, 0.717) is 62.3 Å². The van der Waals surface area contributed by atoms with Crippen LogP contribution >= 0.6 is 0 Å². The summed E-state index contributed by atoms with van der Waals surface area (Å²) < 4.78 is 18.1. The van der Waals surface area contributed by atoms with Gasteiger partial charge in [0.1, 0.15) is 18.9 Å². The SMILES string of the molecule is COCCN1C(=O)c2cccn2CC1CNC(=O)Nc1ccc2c(c1)OCCO2. The zero-order valence-corrected chi connectivity index (χ0v) is 16.2. The molecule has 4 rings (SSSR count). The number of benzene rings is 1. The van der Waals surface area contributed by atoms with Crippen LogP contribution in [0.2, 0.25) is 0 Å². The summed E-state index contributed by atoms with van der Waals surface area (Å²) in [5.74, 6) is 1.22. The average Bonchev–Trinajstić information content (AvgIpc) is 3.20. The number of rotatable bonds is 6. The van der Waals surface area contributed by atoms with Gasteiger partial charge < -0.3 is 34.3 Å². The van der Waals surface area contributed by atoms with Gasteiger partial charge in [-0.15, -0.1) is 0 Å². The first-order valence-electron chi connectivity index (χ1n) is 9.55. The molecule has 1 aromatic carbocycles. The van der Waals surface area contributed by atoms with Gasteiger partial charge in [0.05, 0.1) is 12.6 Å². The first-order chi connectivity index (χ1) is 14.2. The van der Waals surface area contributed by atoms with Gasteiger partial charge in [-0.25, -0.2) is 4.79 Å². The van der Waals surface area contributed by atoms with E-state index in [1.807, 2.05) is 16.8 Å². The molecule has 0 bridgehead atoms. The number of nitrogens with zero attached hydrogens (tertiary/aromatic N) is 2. The maximum absolute atomic E-state index is 12.8. The number of nitrogens with one attached hydrogen (secondary N) is 2. The Labute approximate surface area is 168 Å². The van der Waals surface area contributed by atoms with Crippen LogP contribution in [0.5, 0.6) is 11.5 Å². The number of methoxy groups -OCH3 is 1. The standard InChI is InChI=1S/C20H24N4O5/c1-27-8-7-24-15(13-23-6-2-3-16(23)19(24)25)12-21-20(26)22-14-4-5-17-18(11-14)29-10-9-28-17/h2-6,11,15H,7-10,12-13H2,1H3,(H2,21,22,26). The van der Waals surface area contributed by atoms with E-state index in [0.717, 1.165) is 0 Å². The molecule has 1 unspecified atom stereocenters. The van der Waals surface area contributed by atoms with E-state index in [2.05, 4.69) is 10.6 Å². The Kier molecular flexibility index (Phi) is 5.57. The lowest BCUT2D eigenvalue weighted by atomic mass is 10.1. The zero-order valence-electron chi connectivity index (χ0n) is 16.2. The third kappa shape index (κ3) is 4.14. The summed E-state index contributed by atoms with van der Waals surface area (Å²) in [6, 6.07) is 8.41. The van der Waals surface area contributed by atoms with Crippen LogP contribution in [0.4, 0.5) is 10.5 Å². The van der Waals surface area contributed by atoms with E-state index in [1.54, 1.807) is 36.3 Å². The minimum atomic E-state index is -0.348. The third-order valence-electron chi connectivity index (χ3n) is 4.99. The molecule has 0 spiro atoms. The monoisotopic (exact) mass is 400 g/mol. The molecule has 9 nitrogen and oxygen atoms in total. The maximum atomic E-state index is 12.8. The Balaban J connectivity index is 1.38. The van der Waals surface area contributed by atoms with Crippen molar-refractivity contribution in [2.45, 2.75) is 12.6 Å². The Morgan fingerprint density at radius 2 is 2.07 bits per heavy atom. The Bertz CT molecular complexity index is 897. The van der Waals surface area contributed by atoms with E-state index < -0.39 is 0 Å². The maximum Gasteiger partial charge on any atom is 0.319 e. The van der Waals surface area contributed by atoms with Crippen molar-refractivity contribution in [3.63, 3.8) is 0 Å². The van der Waals surface area contributed by atoms with Crippen LogP contribution in [0.25, 0.3) is 0 Å². The Hall–Kier alpha value is -3.20. The van der Waals surface area contributed by atoms with Crippen molar-refractivity contribution < 1.29 is 23.8 Å². The lowest BCUT2D eigenvalue weighted by molar-refractivity contribution is 0.0514. The molecule has 2 aromatic rings. The minimum absolute atomic E-state index is 0.0580. The molecule has 3 amide bonds. The summed E-state index contributed by atoms with van der Waals surface area (Å²) in [5, 5.41) is 5.66. The number of urea groups is 1. The fraction of sp³-hybridized carbons (Fsp3) is 0.400. The number of carbonyl (C=O) groups excluding carboxylic acids is 2. The predicted molar refractivity (Wildman–Crippen MR) is 106 cm³/mol. The third-order valence-corrected chi connectivity index (χ3v) is 4.99. The summed E-state index contributed by atoms with van der Waals surface area (Å²) in [6.07, 6.45) is 1.88. The number of amides is 3. The minimum Gasteiger partial charge on any atom is -0.486 e. The van der Waals surface area contributed by atoms with Crippen LogP contribution in [0.1, 0.15) is 10.5 Å². The Morgan fingerprint density at radius 1 is 1.24 bits per heavy atom. The highest BCUT2D eigenvalue weighted by molar-refractivity contribution is 5.94. The van der Waals surface area contributed by atoms with Crippen LogP contribution in [0.15, 0.2) is 36.5 Å². The van der Waals surface area contributed by atoms with Gasteiger partial charge in [0.15, 0.2) is 11.5 Å². The molecule has 1 aromatic heterocycles. The number of fused-ring (bicyclic) bond motifs is 2. The van der Waals surface area contributed by atoms with Crippen molar-refractivity contribution in [2.75, 3.05) is 45.3 Å². The van der Waals surface area contributed by atoms with Gasteiger partial charge in [-0.3, -0.25) is 4.79 Å². The summed E-state index contributed by atoms with van der Waals surface area (Å²) in [5.41, 5.74) is 1.26. The molecule has 3 heterocycles. The highest BCUT2D eigenvalue weighted by Crippen LogP contribution is 2.32. The van der Waals surface area contributed by atoms with E-state index in [9.17, 15) is 9.59 Å². The van der Waals surface area contributed by atoms with Crippen molar-refractivity contribution in [2.24, 2.45) is 0 Å². The van der Waals surface area contributed by atoms with Crippen LogP contribution < -0.4 is 20.1 Å². The van der Waals surface area contributed by atoms with Gasteiger partial charge in [0.2, 0.25) is 0 Å². The summed E-state index contributed by atoms with van der Waals surface area (Å²) in [6.45, 7) is 2.84. The summed E-state index contributed by atoms with van der Waals surface area (Å²) in [7, 11) is 1.60. The van der Waals surface area contributed by atoms with E-state index in [4.69, 9.17) is 14.2 Å². The summed E-state index contributed by atoms with van der Waals surface area (Å²) >= 11 is 0.